The van der Waals surface area contributed by atoms with Gasteiger partial charge in [-0.3, -0.25) is 14.5 Å². The van der Waals surface area contributed by atoms with Crippen molar-refractivity contribution in [2.45, 2.75) is 6.42 Å². The highest BCUT2D eigenvalue weighted by atomic mass is 35.5. The van der Waals surface area contributed by atoms with Gasteiger partial charge in [-0.15, -0.1) is 0 Å². The smallest absolute Gasteiger partial charge is 0.293 e. The van der Waals surface area contributed by atoms with Crippen molar-refractivity contribution in [3.05, 3.63) is 88.0 Å². The van der Waals surface area contributed by atoms with Crippen molar-refractivity contribution in [1.29, 1.82) is 0 Å². The van der Waals surface area contributed by atoms with Crippen LogP contribution in [0, 0.1) is 0 Å². The summed E-state index contributed by atoms with van der Waals surface area (Å²) in [5, 5.41) is 0.399. The van der Waals surface area contributed by atoms with E-state index in [1.54, 1.807) is 24.3 Å². The fraction of sp³-hybridized carbons (Fsp3) is 0.0909. The van der Waals surface area contributed by atoms with Crippen LogP contribution in [0.25, 0.3) is 17.4 Å². The molecule has 2 aromatic carbocycles. The number of benzene rings is 2. The van der Waals surface area contributed by atoms with E-state index in [0.29, 0.717) is 34.4 Å². The summed E-state index contributed by atoms with van der Waals surface area (Å²) in [6.45, 7) is 0.361. The predicted molar refractivity (Wildman–Crippen MR) is 112 cm³/mol. The molecule has 6 heteroatoms. The number of thioether (sulfide) groups is 1. The highest BCUT2D eigenvalue weighted by Crippen LogP contribution is 2.33. The third-order valence-electron chi connectivity index (χ3n) is 4.37. The van der Waals surface area contributed by atoms with Crippen molar-refractivity contribution in [2.75, 3.05) is 6.54 Å². The largest absolute Gasteiger partial charge is 0.457 e. The van der Waals surface area contributed by atoms with Crippen LogP contribution < -0.4 is 0 Å². The first-order valence-electron chi connectivity index (χ1n) is 8.75. The molecule has 0 radical (unpaired) electrons. The molecule has 0 spiro atoms. The minimum atomic E-state index is -0.282. The molecule has 0 N–H and O–H groups in total. The predicted octanol–water partition coefficient (Wildman–Crippen LogP) is 5.88. The zero-order valence-electron chi connectivity index (χ0n) is 14.8. The fourth-order valence-corrected chi connectivity index (χ4v) is 3.88. The Kier molecular flexibility index (Phi) is 5.37. The van der Waals surface area contributed by atoms with Crippen molar-refractivity contribution < 1.29 is 14.0 Å². The Bertz CT molecular complexity index is 1040. The number of carbonyl (C=O) groups excluding carboxylic acids is 2. The topological polar surface area (TPSA) is 50.5 Å². The van der Waals surface area contributed by atoms with Crippen LogP contribution in [-0.2, 0) is 11.2 Å². The van der Waals surface area contributed by atoms with Crippen LogP contribution in [0.4, 0.5) is 4.79 Å². The minimum absolute atomic E-state index is 0.253. The summed E-state index contributed by atoms with van der Waals surface area (Å²) in [6.07, 6.45) is 2.25. The third kappa shape index (κ3) is 4.06. The molecule has 1 fully saturated rings. The summed E-state index contributed by atoms with van der Waals surface area (Å²) in [4.78, 5) is 26.5. The van der Waals surface area contributed by atoms with Gasteiger partial charge in [0.2, 0.25) is 0 Å². The second-order valence-electron chi connectivity index (χ2n) is 6.28. The maximum absolute atomic E-state index is 12.6. The van der Waals surface area contributed by atoms with E-state index >= 15 is 0 Å². The normalized spacial score (nSPS) is 15.6. The SMILES string of the molecule is O=C1S/C(=C\c2ccc(-c3ccc(Cl)cc3)o2)C(=O)N1CCc1ccccc1. The lowest BCUT2D eigenvalue weighted by Crippen LogP contribution is -2.30. The highest BCUT2D eigenvalue weighted by Gasteiger charge is 2.34. The van der Waals surface area contributed by atoms with E-state index in [4.69, 9.17) is 16.0 Å². The zero-order valence-corrected chi connectivity index (χ0v) is 16.4. The van der Waals surface area contributed by atoms with Gasteiger partial charge in [-0.2, -0.15) is 0 Å². The van der Waals surface area contributed by atoms with Gasteiger partial charge in [0.15, 0.2) is 0 Å². The van der Waals surface area contributed by atoms with Crippen LogP contribution in [-0.4, -0.2) is 22.6 Å². The first-order chi connectivity index (χ1) is 13.6. The van der Waals surface area contributed by atoms with E-state index in [2.05, 4.69) is 0 Å². The maximum atomic E-state index is 12.6. The Morgan fingerprint density at radius 3 is 2.46 bits per heavy atom. The maximum Gasteiger partial charge on any atom is 0.293 e. The molecular weight excluding hydrogens is 394 g/mol. The Morgan fingerprint density at radius 2 is 1.71 bits per heavy atom. The highest BCUT2D eigenvalue weighted by molar-refractivity contribution is 8.18. The zero-order chi connectivity index (χ0) is 19.5. The molecule has 28 heavy (non-hydrogen) atoms. The molecule has 2 heterocycles. The summed E-state index contributed by atoms with van der Waals surface area (Å²) in [5.41, 5.74) is 1.98. The molecule has 0 bridgehead atoms. The van der Waals surface area contributed by atoms with E-state index < -0.39 is 0 Å². The van der Waals surface area contributed by atoms with Crippen LogP contribution >= 0.6 is 23.4 Å². The van der Waals surface area contributed by atoms with E-state index in [-0.39, 0.29) is 11.1 Å². The minimum Gasteiger partial charge on any atom is -0.457 e. The lowest BCUT2D eigenvalue weighted by atomic mass is 10.1. The third-order valence-corrected chi connectivity index (χ3v) is 5.53. The van der Waals surface area contributed by atoms with Crippen LogP contribution in [0.1, 0.15) is 11.3 Å². The van der Waals surface area contributed by atoms with Crippen molar-refractivity contribution in [1.82, 2.24) is 4.90 Å². The molecule has 0 atom stereocenters. The van der Waals surface area contributed by atoms with Gasteiger partial charge < -0.3 is 4.42 Å². The number of hydrogen-bond acceptors (Lipinski definition) is 4. The van der Waals surface area contributed by atoms with Crippen molar-refractivity contribution >= 4 is 40.6 Å². The second kappa shape index (κ2) is 8.09. The molecule has 0 saturated carbocycles. The summed E-state index contributed by atoms with van der Waals surface area (Å²) in [6, 6.07) is 20.7. The lowest BCUT2D eigenvalue weighted by Gasteiger charge is -2.11. The van der Waals surface area contributed by atoms with E-state index in [1.165, 1.54) is 4.90 Å². The summed E-state index contributed by atoms with van der Waals surface area (Å²) in [7, 11) is 0. The molecule has 1 saturated heterocycles. The van der Waals surface area contributed by atoms with Crippen LogP contribution in [0.3, 0.4) is 0 Å². The Morgan fingerprint density at radius 1 is 0.964 bits per heavy atom. The molecule has 1 aromatic heterocycles. The first-order valence-corrected chi connectivity index (χ1v) is 9.95. The Balaban J connectivity index is 1.47. The van der Waals surface area contributed by atoms with Gasteiger partial charge in [0, 0.05) is 23.2 Å². The molecule has 3 aromatic rings. The molecule has 0 unspecified atom stereocenters. The molecule has 2 amide bonds. The number of carbonyl (C=O) groups is 2. The van der Waals surface area contributed by atoms with Crippen molar-refractivity contribution in [3.8, 4) is 11.3 Å². The standard InChI is InChI=1S/C22H16ClNO3S/c23-17-8-6-16(7-9-17)19-11-10-18(27-19)14-20-21(25)24(22(26)28-20)13-12-15-4-2-1-3-5-15/h1-11,14H,12-13H2/b20-14-. The van der Waals surface area contributed by atoms with Crippen LogP contribution in [0.2, 0.25) is 5.02 Å². The van der Waals surface area contributed by atoms with Gasteiger partial charge in [0.1, 0.15) is 11.5 Å². The average molecular weight is 410 g/mol. The summed E-state index contributed by atoms with van der Waals surface area (Å²) >= 11 is 6.85. The monoisotopic (exact) mass is 409 g/mol. The molecule has 4 rings (SSSR count). The molecule has 1 aliphatic rings. The number of rotatable bonds is 5. The van der Waals surface area contributed by atoms with Gasteiger partial charge in [-0.25, -0.2) is 0 Å². The quantitative estimate of drug-likeness (QED) is 0.494. The van der Waals surface area contributed by atoms with Crippen LogP contribution in [0.15, 0.2) is 76.1 Å². The van der Waals surface area contributed by atoms with Gasteiger partial charge in [-0.1, -0.05) is 41.9 Å². The summed E-state index contributed by atoms with van der Waals surface area (Å²) in [5.74, 6) is 0.917. The van der Waals surface area contributed by atoms with E-state index in [9.17, 15) is 9.59 Å². The Labute approximate surface area is 171 Å². The molecular formula is C22H16ClNO3S. The summed E-state index contributed by atoms with van der Waals surface area (Å²) < 4.78 is 5.80. The second-order valence-corrected chi connectivity index (χ2v) is 7.71. The van der Waals surface area contributed by atoms with Gasteiger partial charge >= 0.3 is 0 Å². The van der Waals surface area contributed by atoms with Crippen LogP contribution in [0.5, 0.6) is 0 Å². The number of halogens is 1. The average Bonchev–Trinajstić information content (AvgIpc) is 3.27. The van der Waals surface area contributed by atoms with Gasteiger partial charge in [-0.05, 0) is 60.1 Å². The van der Waals surface area contributed by atoms with Crippen molar-refractivity contribution in [3.63, 3.8) is 0 Å². The lowest BCUT2D eigenvalue weighted by molar-refractivity contribution is -0.122. The van der Waals surface area contributed by atoms with Gasteiger partial charge in [0.05, 0.1) is 4.91 Å². The molecule has 1 aliphatic heterocycles. The first kappa shape index (κ1) is 18.6. The van der Waals surface area contributed by atoms with Gasteiger partial charge in [0.25, 0.3) is 11.1 Å². The number of hydrogen-bond donors (Lipinski definition) is 0. The molecule has 4 nitrogen and oxygen atoms in total. The Hall–Kier alpha value is -2.76. The number of nitrogens with zero attached hydrogens (tertiary/aromatic N) is 1. The molecule has 140 valence electrons. The fourth-order valence-electron chi connectivity index (χ4n) is 2.91. The number of amides is 2. The number of imide groups is 1. The van der Waals surface area contributed by atoms with E-state index in [1.807, 2.05) is 48.5 Å². The van der Waals surface area contributed by atoms with Crippen molar-refractivity contribution in [2.24, 2.45) is 0 Å². The molecule has 0 aliphatic carbocycles. The number of furan rings is 1. The van der Waals surface area contributed by atoms with E-state index in [0.717, 1.165) is 22.9 Å².